The Balaban J connectivity index is 3.11. The van der Waals surface area contributed by atoms with Crippen molar-refractivity contribution >= 4 is 39.1 Å². The molecule has 0 aliphatic carbocycles. The summed E-state index contributed by atoms with van der Waals surface area (Å²) in [6, 6.07) is 2.95. The van der Waals surface area contributed by atoms with E-state index in [1.807, 2.05) is 0 Å². The second-order valence-corrected chi connectivity index (χ2v) is 3.95. The number of halogens is 5. The molecule has 1 nitrogen and oxygen atoms in total. The first-order valence-electron chi connectivity index (χ1n) is 3.53. The fraction of sp³-hybridized carbons (Fsp3) is 0.250. The third-order valence-corrected chi connectivity index (χ3v) is 2.53. The lowest BCUT2D eigenvalue weighted by Gasteiger charge is -2.11. The molecule has 1 aromatic rings. The molecule has 1 rings (SSSR count). The van der Waals surface area contributed by atoms with Gasteiger partial charge in [-0.05, 0) is 28.1 Å². The lowest BCUT2D eigenvalue weighted by atomic mass is 10.2. The first kappa shape index (κ1) is 12.0. The molecule has 0 fully saturated rings. The first-order valence-corrected chi connectivity index (χ1v) is 5.24. The highest BCUT2D eigenvalue weighted by atomic mass is 79.9. The van der Waals surface area contributed by atoms with Crippen molar-refractivity contribution in [3.8, 4) is 5.75 Å². The van der Waals surface area contributed by atoms with Gasteiger partial charge in [0, 0.05) is 10.6 Å². The predicted octanol–water partition coefficient (Wildman–Crippen LogP) is 4.44. The second-order valence-electron chi connectivity index (χ2n) is 2.39. The molecule has 1 aromatic carbocycles. The van der Waals surface area contributed by atoms with Crippen molar-refractivity contribution in [2.75, 3.05) is 0 Å². The van der Waals surface area contributed by atoms with Crippen molar-refractivity contribution in [2.45, 2.75) is 12.5 Å². The molecule has 0 saturated heterocycles. The Morgan fingerprint density at radius 3 is 2.57 bits per heavy atom. The van der Waals surface area contributed by atoms with Crippen LogP contribution in [0.15, 0.2) is 16.6 Å². The summed E-state index contributed by atoms with van der Waals surface area (Å²) >= 11 is 14.3. The molecule has 0 saturated carbocycles. The number of ether oxygens (including phenoxy) is 1. The zero-order valence-electron chi connectivity index (χ0n) is 6.74. The Labute approximate surface area is 98.1 Å². The summed E-state index contributed by atoms with van der Waals surface area (Å²) in [6.45, 7) is -2.88. The summed E-state index contributed by atoms with van der Waals surface area (Å²) in [7, 11) is 0. The third-order valence-electron chi connectivity index (χ3n) is 1.44. The molecule has 0 radical (unpaired) electrons. The lowest BCUT2D eigenvalue weighted by molar-refractivity contribution is -0.0508. The van der Waals surface area contributed by atoms with Crippen LogP contribution in [0.25, 0.3) is 0 Å². The maximum absolute atomic E-state index is 12.0. The van der Waals surface area contributed by atoms with Crippen molar-refractivity contribution in [1.82, 2.24) is 0 Å². The Bertz CT molecular complexity index is 333. The van der Waals surface area contributed by atoms with E-state index >= 15 is 0 Å². The van der Waals surface area contributed by atoms with Gasteiger partial charge in [0.05, 0.1) is 10.4 Å². The third kappa shape index (κ3) is 2.97. The van der Waals surface area contributed by atoms with Crippen LogP contribution < -0.4 is 4.74 Å². The Morgan fingerprint density at radius 1 is 1.43 bits per heavy atom. The summed E-state index contributed by atoms with van der Waals surface area (Å²) in [5.41, 5.74) is 0.423. The van der Waals surface area contributed by atoms with Crippen molar-refractivity contribution in [1.29, 1.82) is 0 Å². The molecule has 0 unspecified atom stereocenters. The van der Waals surface area contributed by atoms with Gasteiger partial charge in [-0.15, -0.1) is 11.6 Å². The van der Waals surface area contributed by atoms with Gasteiger partial charge in [0.1, 0.15) is 5.75 Å². The normalized spacial score (nSPS) is 10.7. The fourth-order valence-electron chi connectivity index (χ4n) is 0.934. The van der Waals surface area contributed by atoms with Crippen molar-refractivity contribution in [3.63, 3.8) is 0 Å². The molecule has 0 aromatic heterocycles. The SMILES string of the molecule is FC(F)Oc1c(Br)cc(Cl)cc1CCl. The van der Waals surface area contributed by atoms with E-state index in [1.54, 1.807) is 0 Å². The van der Waals surface area contributed by atoms with E-state index in [-0.39, 0.29) is 11.6 Å². The molecule has 0 bridgehead atoms. The zero-order valence-corrected chi connectivity index (χ0v) is 9.84. The summed E-state index contributed by atoms with van der Waals surface area (Å²) in [5, 5.41) is 0.411. The van der Waals surface area contributed by atoms with Crippen molar-refractivity contribution in [3.05, 3.63) is 27.2 Å². The molecule has 0 atom stereocenters. The van der Waals surface area contributed by atoms with Crippen LogP contribution in [0, 0.1) is 0 Å². The van der Waals surface area contributed by atoms with E-state index in [0.717, 1.165) is 0 Å². The maximum Gasteiger partial charge on any atom is 0.387 e. The van der Waals surface area contributed by atoms with Gasteiger partial charge in [0.2, 0.25) is 0 Å². The van der Waals surface area contributed by atoms with Gasteiger partial charge in [0.15, 0.2) is 0 Å². The quantitative estimate of drug-likeness (QED) is 0.750. The smallest absolute Gasteiger partial charge is 0.387 e. The largest absolute Gasteiger partial charge is 0.433 e. The summed E-state index contributed by atoms with van der Waals surface area (Å²) in [4.78, 5) is 0. The maximum atomic E-state index is 12.0. The number of alkyl halides is 3. The standard InChI is InChI=1S/C8H5BrCl2F2O/c9-6-2-5(11)1-4(3-10)7(6)14-8(12)13/h1-2,8H,3H2. The average molecular weight is 306 g/mol. The Hall–Kier alpha value is -0.0600. The molecular formula is C8H5BrCl2F2O. The number of hydrogen-bond donors (Lipinski definition) is 0. The van der Waals surface area contributed by atoms with Gasteiger partial charge in [0.25, 0.3) is 0 Å². The van der Waals surface area contributed by atoms with Crippen LogP contribution in [0.1, 0.15) is 5.56 Å². The molecule has 14 heavy (non-hydrogen) atoms. The van der Waals surface area contributed by atoms with Gasteiger partial charge in [-0.25, -0.2) is 0 Å². The molecule has 0 aliphatic rings. The van der Waals surface area contributed by atoms with Gasteiger partial charge >= 0.3 is 6.61 Å². The summed E-state index contributed by atoms with van der Waals surface area (Å²) < 4.78 is 28.7. The van der Waals surface area contributed by atoms with E-state index in [0.29, 0.717) is 15.1 Å². The van der Waals surface area contributed by atoms with Crippen LogP contribution in [-0.2, 0) is 5.88 Å². The summed E-state index contributed by atoms with van der Waals surface area (Å²) in [5.74, 6) is 0.0840. The molecule has 0 aliphatic heterocycles. The molecule has 0 spiro atoms. The molecular weight excluding hydrogens is 301 g/mol. The van der Waals surface area contributed by atoms with Crippen LogP contribution in [-0.4, -0.2) is 6.61 Å². The van der Waals surface area contributed by atoms with Crippen LogP contribution in [0.3, 0.4) is 0 Å². The van der Waals surface area contributed by atoms with Gasteiger partial charge in [-0.1, -0.05) is 11.6 Å². The van der Waals surface area contributed by atoms with Crippen LogP contribution in [0.2, 0.25) is 5.02 Å². The van der Waals surface area contributed by atoms with Gasteiger partial charge in [-0.3, -0.25) is 0 Å². The highest BCUT2D eigenvalue weighted by Crippen LogP contribution is 2.34. The van der Waals surface area contributed by atoms with Crippen molar-refractivity contribution < 1.29 is 13.5 Å². The average Bonchev–Trinajstić information content (AvgIpc) is 2.08. The predicted molar refractivity (Wildman–Crippen MR) is 55.3 cm³/mol. The minimum absolute atomic E-state index is 0.0272. The minimum Gasteiger partial charge on any atom is -0.433 e. The highest BCUT2D eigenvalue weighted by Gasteiger charge is 2.13. The monoisotopic (exact) mass is 304 g/mol. The van der Waals surface area contributed by atoms with Crippen LogP contribution in [0.5, 0.6) is 5.75 Å². The van der Waals surface area contributed by atoms with Gasteiger partial charge < -0.3 is 4.74 Å². The number of benzene rings is 1. The van der Waals surface area contributed by atoms with E-state index in [2.05, 4.69) is 20.7 Å². The van der Waals surface area contributed by atoms with Gasteiger partial charge in [-0.2, -0.15) is 8.78 Å². The summed E-state index contributed by atoms with van der Waals surface area (Å²) in [6.07, 6.45) is 0. The molecule has 0 N–H and O–H groups in total. The van der Waals surface area contributed by atoms with Crippen LogP contribution in [0.4, 0.5) is 8.78 Å². The highest BCUT2D eigenvalue weighted by molar-refractivity contribution is 9.10. The zero-order chi connectivity index (χ0) is 10.7. The topological polar surface area (TPSA) is 9.23 Å². The lowest BCUT2D eigenvalue weighted by Crippen LogP contribution is -2.04. The van der Waals surface area contributed by atoms with E-state index < -0.39 is 6.61 Å². The number of rotatable bonds is 3. The molecule has 78 valence electrons. The Morgan fingerprint density at radius 2 is 2.07 bits per heavy atom. The van der Waals surface area contributed by atoms with E-state index in [9.17, 15) is 8.78 Å². The van der Waals surface area contributed by atoms with E-state index in [1.165, 1.54) is 12.1 Å². The first-order chi connectivity index (χ1) is 6.54. The fourth-order valence-corrected chi connectivity index (χ4v) is 2.10. The number of hydrogen-bond acceptors (Lipinski definition) is 1. The second kappa shape index (κ2) is 5.14. The van der Waals surface area contributed by atoms with Crippen molar-refractivity contribution in [2.24, 2.45) is 0 Å². The van der Waals surface area contributed by atoms with Crippen LogP contribution >= 0.6 is 39.1 Å². The van der Waals surface area contributed by atoms with E-state index in [4.69, 9.17) is 23.2 Å². The minimum atomic E-state index is -2.88. The molecule has 0 amide bonds. The molecule has 0 heterocycles. The Kier molecular flexibility index (Phi) is 4.41. The molecule has 6 heteroatoms.